The number of aliphatic hydroxyl groups is 3. The van der Waals surface area contributed by atoms with E-state index in [9.17, 15) is 34.8 Å². The van der Waals surface area contributed by atoms with Crippen molar-refractivity contribution < 1.29 is 34.8 Å². The third-order valence-corrected chi connectivity index (χ3v) is 8.09. The van der Waals surface area contributed by atoms with Crippen LogP contribution in [0.1, 0.15) is 34.3 Å². The Morgan fingerprint density at radius 1 is 1.15 bits per heavy atom. The number of hydrogen-bond donors (Lipinski definition) is 8. The van der Waals surface area contributed by atoms with Crippen LogP contribution in [-0.2, 0) is 22.6 Å². The number of fused-ring (bicyclic) bond motifs is 3. The first kappa shape index (κ1) is 27.7. The molecule has 0 bridgehead atoms. The van der Waals surface area contributed by atoms with Crippen molar-refractivity contribution in [3.8, 4) is 5.75 Å². The average Bonchev–Trinajstić information content (AvgIpc) is 2.91. The van der Waals surface area contributed by atoms with E-state index in [0.717, 1.165) is 5.56 Å². The molecule has 1 amide bonds. The lowest BCUT2D eigenvalue weighted by Crippen LogP contribution is -2.57. The summed E-state index contributed by atoms with van der Waals surface area (Å²) in [5.41, 5.74) is 3.51. The second-order valence-corrected chi connectivity index (χ2v) is 10.8. The molecular formula is C29H31N5O7. The largest absolute Gasteiger partial charge is 0.511 e. The fraction of sp³-hybridized carbons (Fsp3) is 0.310. The van der Waals surface area contributed by atoms with Crippen molar-refractivity contribution in [2.24, 2.45) is 17.6 Å². The van der Waals surface area contributed by atoms with Crippen LogP contribution in [0.4, 0.5) is 11.4 Å². The maximum atomic E-state index is 13.9. The summed E-state index contributed by atoms with van der Waals surface area (Å²) in [7, 11) is 3.52. The highest BCUT2D eigenvalue weighted by Crippen LogP contribution is 2.53. The van der Waals surface area contributed by atoms with Crippen LogP contribution < -0.4 is 21.3 Å². The number of anilines is 2. The quantitative estimate of drug-likeness (QED) is 0.115. The van der Waals surface area contributed by atoms with Crippen LogP contribution >= 0.6 is 0 Å². The second kappa shape index (κ2) is 9.97. The van der Waals surface area contributed by atoms with E-state index < -0.39 is 57.8 Å². The highest BCUT2D eigenvalue weighted by Gasteiger charge is 2.59. The van der Waals surface area contributed by atoms with Crippen LogP contribution in [0.2, 0.25) is 0 Å². The van der Waals surface area contributed by atoms with Crippen LogP contribution in [0, 0.1) is 17.2 Å². The predicted octanol–water partition coefficient (Wildman–Crippen LogP) is 1.78. The van der Waals surface area contributed by atoms with Crippen LogP contribution in [-0.4, -0.2) is 63.6 Å². The Morgan fingerprint density at radius 2 is 1.83 bits per heavy atom. The highest BCUT2D eigenvalue weighted by atomic mass is 16.3. The van der Waals surface area contributed by atoms with Crippen molar-refractivity contribution >= 4 is 34.8 Å². The molecule has 0 radical (unpaired) electrons. The highest BCUT2D eigenvalue weighted by molar-refractivity contribution is 6.24. The molecule has 3 atom stereocenters. The molecule has 41 heavy (non-hydrogen) atoms. The number of rotatable bonds is 5. The lowest BCUT2D eigenvalue weighted by Gasteiger charge is -2.46. The van der Waals surface area contributed by atoms with Crippen molar-refractivity contribution in [3.63, 3.8) is 0 Å². The molecule has 3 aliphatic carbocycles. The number of primary amides is 1. The molecule has 214 valence electrons. The van der Waals surface area contributed by atoms with E-state index in [2.05, 4.69) is 10.6 Å². The van der Waals surface area contributed by atoms with Crippen LogP contribution in [0.5, 0.6) is 5.75 Å². The van der Waals surface area contributed by atoms with Crippen LogP contribution in [0.15, 0.2) is 59.1 Å². The number of guanidine groups is 1. The minimum Gasteiger partial charge on any atom is -0.511 e. The number of nitrogens with zero attached hydrogens (tertiary/aromatic N) is 1. The van der Waals surface area contributed by atoms with E-state index in [1.807, 2.05) is 30.3 Å². The van der Waals surface area contributed by atoms with E-state index in [-0.39, 0.29) is 42.0 Å². The SMILES string of the molecule is CN(C)c1cc(NC(=N)NCc2ccccc2)c(O)c2c1C[C@H]1C[C@H]3CC(O)=C(C(N)=O)C(=O)[C@@]3(O)C(O)=C1C2=O. The number of hydrogen-bond acceptors (Lipinski definition) is 9. The maximum Gasteiger partial charge on any atom is 0.255 e. The third-order valence-electron chi connectivity index (χ3n) is 8.09. The van der Waals surface area contributed by atoms with E-state index in [1.54, 1.807) is 25.1 Å². The number of aromatic hydroxyl groups is 1. The van der Waals surface area contributed by atoms with Crippen LogP contribution in [0.25, 0.3) is 0 Å². The fourth-order valence-corrected chi connectivity index (χ4v) is 6.13. The van der Waals surface area contributed by atoms with Gasteiger partial charge in [0.25, 0.3) is 5.91 Å². The molecule has 12 heteroatoms. The van der Waals surface area contributed by atoms with Gasteiger partial charge in [-0.05, 0) is 36.0 Å². The lowest BCUT2D eigenvalue weighted by molar-refractivity contribution is -0.144. The first-order valence-corrected chi connectivity index (χ1v) is 13.0. The number of nitrogens with two attached hydrogens (primary N) is 1. The van der Waals surface area contributed by atoms with Crippen molar-refractivity contribution in [2.75, 3.05) is 24.3 Å². The number of allylic oxidation sites excluding steroid dienone is 2. The molecule has 5 rings (SSSR count). The zero-order valence-electron chi connectivity index (χ0n) is 22.5. The number of carbonyl (C=O) groups excluding carboxylic acids is 3. The minimum absolute atomic E-state index is 0.0462. The number of amides is 1. The number of ketones is 2. The zero-order chi connectivity index (χ0) is 29.8. The Hall–Kier alpha value is -4.84. The van der Waals surface area contributed by atoms with Crippen molar-refractivity contribution in [1.29, 1.82) is 5.41 Å². The fourth-order valence-electron chi connectivity index (χ4n) is 6.13. The van der Waals surface area contributed by atoms with Gasteiger partial charge in [-0.2, -0.15) is 0 Å². The van der Waals surface area contributed by atoms with Gasteiger partial charge in [-0.25, -0.2) is 0 Å². The molecule has 0 aliphatic heterocycles. The topological polar surface area (TPSA) is 209 Å². The van der Waals surface area contributed by atoms with E-state index in [0.29, 0.717) is 17.8 Å². The number of nitrogens with one attached hydrogen (secondary N) is 3. The molecule has 0 saturated carbocycles. The Kier molecular flexibility index (Phi) is 6.74. The van der Waals surface area contributed by atoms with E-state index in [1.165, 1.54) is 0 Å². The average molecular weight is 562 g/mol. The predicted molar refractivity (Wildman–Crippen MR) is 150 cm³/mol. The molecule has 0 saturated heterocycles. The van der Waals surface area contributed by atoms with Gasteiger partial charge in [0, 0.05) is 44.2 Å². The summed E-state index contributed by atoms with van der Waals surface area (Å²) in [6, 6.07) is 11.0. The molecule has 3 aliphatic rings. The van der Waals surface area contributed by atoms with Gasteiger partial charge < -0.3 is 41.7 Å². The molecule has 2 aromatic rings. The minimum atomic E-state index is -2.63. The van der Waals surface area contributed by atoms with Gasteiger partial charge >= 0.3 is 0 Å². The molecule has 0 unspecified atom stereocenters. The Balaban J connectivity index is 1.55. The Labute approximate surface area is 235 Å². The number of aliphatic hydroxyl groups excluding tert-OH is 2. The summed E-state index contributed by atoms with van der Waals surface area (Å²) in [5, 5.41) is 58.3. The number of carbonyl (C=O) groups is 3. The zero-order valence-corrected chi connectivity index (χ0v) is 22.5. The van der Waals surface area contributed by atoms with Gasteiger partial charge in [0.05, 0.1) is 11.3 Å². The van der Waals surface area contributed by atoms with E-state index in [4.69, 9.17) is 11.1 Å². The summed E-state index contributed by atoms with van der Waals surface area (Å²) >= 11 is 0. The van der Waals surface area contributed by atoms with Crippen molar-refractivity contribution in [2.45, 2.75) is 31.4 Å². The first-order valence-electron chi connectivity index (χ1n) is 13.0. The summed E-state index contributed by atoms with van der Waals surface area (Å²) in [6.07, 6.45) is -0.0633. The number of Topliss-reactive ketones (excluding diaryl/α,β-unsaturated/α-hetero) is 2. The van der Waals surface area contributed by atoms with Crippen molar-refractivity contribution in [1.82, 2.24) is 5.32 Å². The van der Waals surface area contributed by atoms with Gasteiger partial charge in [0.1, 0.15) is 17.1 Å². The molecule has 12 nitrogen and oxygen atoms in total. The van der Waals surface area contributed by atoms with Gasteiger partial charge in [0.15, 0.2) is 23.1 Å². The molecule has 0 heterocycles. The Morgan fingerprint density at radius 3 is 2.46 bits per heavy atom. The van der Waals surface area contributed by atoms with Gasteiger partial charge in [-0.3, -0.25) is 19.8 Å². The normalized spacial score (nSPS) is 23.4. The maximum absolute atomic E-state index is 13.9. The van der Waals surface area contributed by atoms with Gasteiger partial charge in [-0.15, -0.1) is 0 Å². The molecular weight excluding hydrogens is 530 g/mol. The molecule has 2 aromatic carbocycles. The number of benzene rings is 2. The summed E-state index contributed by atoms with van der Waals surface area (Å²) < 4.78 is 0. The van der Waals surface area contributed by atoms with E-state index >= 15 is 0 Å². The van der Waals surface area contributed by atoms with Gasteiger partial charge in [0.2, 0.25) is 5.78 Å². The summed E-state index contributed by atoms with van der Waals surface area (Å²) in [5.74, 6) is -7.03. The van der Waals surface area contributed by atoms with Crippen molar-refractivity contribution in [3.05, 3.63) is 75.8 Å². The Bertz CT molecular complexity index is 1560. The standard InChI is InChI=1S/C29H31N5O7/c1-34(2)18-11-17(33-28(31)32-12-13-6-4-3-5-7-13)23(36)21-16(18)9-14-8-15-10-19(35)22(27(30)40)26(39)29(15,41)25(38)20(14)24(21)37/h3-7,11,14-15,35-36,38,41H,8-10,12H2,1-2H3,(H2,30,40)(H3,31,32,33)/t14-,15+,29+/m1/s1. The molecule has 9 N–H and O–H groups in total. The monoisotopic (exact) mass is 561 g/mol. The lowest BCUT2D eigenvalue weighted by atomic mass is 9.60. The van der Waals surface area contributed by atoms with Gasteiger partial charge in [-0.1, -0.05) is 30.3 Å². The smallest absolute Gasteiger partial charge is 0.255 e. The third kappa shape index (κ3) is 4.36. The molecule has 0 spiro atoms. The second-order valence-electron chi connectivity index (χ2n) is 10.8. The summed E-state index contributed by atoms with van der Waals surface area (Å²) in [6.45, 7) is 0.339. The number of phenols is 1. The molecule has 0 fully saturated rings. The summed E-state index contributed by atoms with van der Waals surface area (Å²) in [4.78, 5) is 40.7. The molecule has 0 aromatic heterocycles. The number of phenolic OH excluding ortho intramolecular Hbond substituents is 1. The first-order chi connectivity index (χ1) is 19.4. The van der Waals surface area contributed by atoms with Crippen LogP contribution in [0.3, 0.4) is 0 Å².